The monoisotopic (exact) mass is 447 g/mol. The van der Waals surface area contributed by atoms with Gasteiger partial charge in [-0.05, 0) is 91.7 Å². The molecule has 3 saturated carbocycles. The van der Waals surface area contributed by atoms with Crippen molar-refractivity contribution in [3.8, 4) is 6.07 Å². The highest BCUT2D eigenvalue weighted by molar-refractivity contribution is 5.79. The van der Waals surface area contributed by atoms with Gasteiger partial charge in [0.05, 0.1) is 18.2 Å². The Hall–Kier alpha value is -1.96. The minimum Gasteiger partial charge on any atom is -0.365 e. The van der Waals surface area contributed by atoms with Crippen LogP contribution in [0.5, 0.6) is 0 Å². The zero-order valence-corrected chi connectivity index (χ0v) is 20.3. The van der Waals surface area contributed by atoms with Crippen LogP contribution >= 0.6 is 0 Å². The lowest BCUT2D eigenvalue weighted by atomic mass is 9.47. The van der Waals surface area contributed by atoms with Crippen molar-refractivity contribution < 1.29 is 14.6 Å². The molecular formula is C29H37NO3. The molecule has 0 aromatic heterocycles. The molecule has 0 radical (unpaired) electrons. The number of allylic oxidation sites excluding steroid dienone is 1. The third kappa shape index (κ3) is 3.69. The lowest BCUT2D eigenvalue weighted by molar-refractivity contribution is -0.231. The number of nitriles is 1. The molecule has 1 unspecified atom stereocenters. The molecule has 0 amide bonds. The number of ketones is 1. The average molecular weight is 448 g/mol. The van der Waals surface area contributed by atoms with Crippen molar-refractivity contribution in [3.05, 3.63) is 47.0 Å². The van der Waals surface area contributed by atoms with Gasteiger partial charge < -0.3 is 9.84 Å². The lowest BCUT2D eigenvalue weighted by Gasteiger charge is -2.58. The van der Waals surface area contributed by atoms with Crippen LogP contribution in [0.4, 0.5) is 0 Å². The second kappa shape index (κ2) is 8.07. The van der Waals surface area contributed by atoms with Crippen LogP contribution in [0, 0.1) is 45.8 Å². The Bertz CT molecular complexity index is 1010. The van der Waals surface area contributed by atoms with Gasteiger partial charge in [0.25, 0.3) is 0 Å². The first kappa shape index (κ1) is 22.8. The Kier molecular flexibility index (Phi) is 5.58. The third-order valence-corrected chi connectivity index (χ3v) is 10.2. The van der Waals surface area contributed by atoms with Gasteiger partial charge in [-0.15, -0.1) is 0 Å². The Balaban J connectivity index is 1.31. The second-order valence-electron chi connectivity index (χ2n) is 11.8. The van der Waals surface area contributed by atoms with Crippen molar-refractivity contribution >= 4 is 5.78 Å². The van der Waals surface area contributed by atoms with E-state index in [1.165, 1.54) is 18.4 Å². The van der Waals surface area contributed by atoms with Gasteiger partial charge in [-0.3, -0.25) is 4.79 Å². The molecule has 1 aromatic rings. The molecule has 4 aliphatic carbocycles. The number of hydrogen-bond acceptors (Lipinski definition) is 4. The summed E-state index contributed by atoms with van der Waals surface area (Å²) in [5, 5.41) is 20.3. The fraction of sp³-hybridized carbons (Fsp3) is 0.655. The molecular weight excluding hydrogens is 410 g/mol. The maximum Gasteiger partial charge on any atom is 0.169 e. The molecule has 4 heteroatoms. The molecule has 1 N–H and O–H groups in total. The fourth-order valence-corrected chi connectivity index (χ4v) is 8.30. The van der Waals surface area contributed by atoms with Crippen LogP contribution in [0.3, 0.4) is 0 Å². The molecule has 176 valence electrons. The Morgan fingerprint density at radius 3 is 2.58 bits per heavy atom. The number of carbonyl (C=O) groups is 1. The first-order valence-electron chi connectivity index (χ1n) is 12.7. The van der Waals surface area contributed by atoms with Gasteiger partial charge in [-0.1, -0.05) is 37.6 Å². The average Bonchev–Trinajstić information content (AvgIpc) is 3.16. The van der Waals surface area contributed by atoms with Gasteiger partial charge in [-0.2, -0.15) is 5.26 Å². The van der Waals surface area contributed by atoms with Gasteiger partial charge in [-0.25, -0.2) is 0 Å². The fourth-order valence-electron chi connectivity index (χ4n) is 8.30. The quantitative estimate of drug-likeness (QED) is 0.459. The summed E-state index contributed by atoms with van der Waals surface area (Å²) in [5.74, 6) is 1.46. The molecule has 4 nitrogen and oxygen atoms in total. The lowest BCUT2D eigenvalue weighted by Crippen LogP contribution is -2.52. The molecule has 3 fully saturated rings. The first-order valence-corrected chi connectivity index (χ1v) is 12.7. The molecule has 0 saturated heterocycles. The standard InChI is InChI=1S/C29H37NO3/c1-19(31)24-10-11-25-23-9-8-22-16-29(32,33-18-21-6-4-20(17-30)5-7-21)15-14-27(22,2)26(23)12-13-28(24,25)3/h4-8,23-26,32H,9-16,18H2,1-3H3/t23-,24+,25-,26-,27-,28+,29?/m0/s1. The zero-order valence-electron chi connectivity index (χ0n) is 20.3. The number of carbonyl (C=O) groups excluding carboxylic acids is 1. The van der Waals surface area contributed by atoms with Crippen molar-refractivity contribution in [1.82, 2.24) is 0 Å². The number of fused-ring (bicyclic) bond motifs is 5. The number of benzene rings is 1. The van der Waals surface area contributed by atoms with Crippen LogP contribution in [0.25, 0.3) is 0 Å². The largest absolute Gasteiger partial charge is 0.365 e. The molecule has 0 heterocycles. The van der Waals surface area contributed by atoms with Crippen molar-refractivity contribution in [3.63, 3.8) is 0 Å². The summed E-state index contributed by atoms with van der Waals surface area (Å²) in [7, 11) is 0. The van der Waals surface area contributed by atoms with E-state index in [9.17, 15) is 9.90 Å². The van der Waals surface area contributed by atoms with Crippen molar-refractivity contribution in [2.45, 2.75) is 84.5 Å². The van der Waals surface area contributed by atoms with Crippen LogP contribution in [0.2, 0.25) is 0 Å². The predicted molar refractivity (Wildman–Crippen MR) is 127 cm³/mol. The van der Waals surface area contributed by atoms with E-state index in [0.717, 1.165) is 31.2 Å². The molecule has 33 heavy (non-hydrogen) atoms. The normalized spacial score (nSPS) is 41.8. The number of nitrogens with zero attached hydrogens (tertiary/aromatic N) is 1. The Morgan fingerprint density at radius 1 is 1.12 bits per heavy atom. The van der Waals surface area contributed by atoms with Gasteiger partial charge in [0.15, 0.2) is 5.79 Å². The molecule has 0 spiro atoms. The summed E-state index contributed by atoms with van der Waals surface area (Å²) in [5.41, 5.74) is 3.29. The molecule has 0 aliphatic heterocycles. The summed E-state index contributed by atoms with van der Waals surface area (Å²) >= 11 is 0. The van der Waals surface area contributed by atoms with Crippen molar-refractivity contribution in [1.29, 1.82) is 5.26 Å². The first-order chi connectivity index (χ1) is 15.7. The second-order valence-corrected chi connectivity index (χ2v) is 11.8. The minimum absolute atomic E-state index is 0.128. The summed E-state index contributed by atoms with van der Waals surface area (Å²) in [4.78, 5) is 12.4. The number of rotatable bonds is 4. The highest BCUT2D eigenvalue weighted by Gasteiger charge is 2.60. The van der Waals surface area contributed by atoms with E-state index in [4.69, 9.17) is 10.00 Å². The number of aliphatic hydroxyl groups is 1. The number of hydrogen-bond donors (Lipinski definition) is 1. The zero-order chi connectivity index (χ0) is 23.4. The highest BCUT2D eigenvalue weighted by atomic mass is 16.6. The van der Waals surface area contributed by atoms with E-state index >= 15 is 0 Å². The van der Waals surface area contributed by atoms with E-state index in [0.29, 0.717) is 48.5 Å². The Labute approximate surface area is 198 Å². The maximum absolute atomic E-state index is 12.4. The van der Waals surface area contributed by atoms with Crippen LogP contribution in [0.15, 0.2) is 35.9 Å². The van der Waals surface area contributed by atoms with Gasteiger partial charge in [0.2, 0.25) is 0 Å². The molecule has 7 atom stereocenters. The maximum atomic E-state index is 12.4. The van der Waals surface area contributed by atoms with E-state index in [1.54, 1.807) is 19.1 Å². The van der Waals surface area contributed by atoms with E-state index in [1.807, 2.05) is 12.1 Å². The van der Waals surface area contributed by atoms with E-state index < -0.39 is 5.79 Å². The summed E-state index contributed by atoms with van der Waals surface area (Å²) in [6, 6.07) is 9.51. The van der Waals surface area contributed by atoms with E-state index in [2.05, 4.69) is 26.0 Å². The molecule has 0 bridgehead atoms. The van der Waals surface area contributed by atoms with Gasteiger partial charge in [0, 0.05) is 18.8 Å². The summed E-state index contributed by atoms with van der Waals surface area (Å²) in [6.07, 6.45) is 10.3. The molecule has 1 aromatic carbocycles. The minimum atomic E-state index is -1.12. The summed E-state index contributed by atoms with van der Waals surface area (Å²) < 4.78 is 6.08. The predicted octanol–water partition coefficient (Wildman–Crippen LogP) is 5.93. The SMILES string of the molecule is CC(=O)[C@H]1CC[C@H]2[C@@H]3CC=C4CC(O)(OCc5ccc(C#N)cc5)CC[C@]4(C)[C@H]3CC[C@]12C. The number of ether oxygens (including phenoxy) is 1. The number of Topliss-reactive ketones (excluding diaryl/α,β-unsaturated/α-hetero) is 1. The van der Waals surface area contributed by atoms with Crippen molar-refractivity contribution in [2.75, 3.05) is 0 Å². The van der Waals surface area contributed by atoms with Gasteiger partial charge >= 0.3 is 0 Å². The topological polar surface area (TPSA) is 70.3 Å². The summed E-state index contributed by atoms with van der Waals surface area (Å²) in [6.45, 7) is 6.97. The van der Waals surface area contributed by atoms with Crippen LogP contribution in [-0.4, -0.2) is 16.7 Å². The molecule has 5 rings (SSSR count). The van der Waals surface area contributed by atoms with E-state index in [-0.39, 0.29) is 16.7 Å². The highest BCUT2D eigenvalue weighted by Crippen LogP contribution is 2.66. The van der Waals surface area contributed by atoms with Crippen LogP contribution < -0.4 is 0 Å². The smallest absolute Gasteiger partial charge is 0.169 e. The van der Waals surface area contributed by atoms with Gasteiger partial charge in [0.1, 0.15) is 5.78 Å². The Morgan fingerprint density at radius 2 is 1.88 bits per heavy atom. The third-order valence-electron chi connectivity index (χ3n) is 10.2. The van der Waals surface area contributed by atoms with Crippen LogP contribution in [-0.2, 0) is 16.1 Å². The molecule has 4 aliphatic rings. The van der Waals surface area contributed by atoms with Crippen LogP contribution in [0.1, 0.15) is 83.3 Å². The van der Waals surface area contributed by atoms with Crippen molar-refractivity contribution in [2.24, 2.45) is 34.5 Å².